The van der Waals surface area contributed by atoms with E-state index in [2.05, 4.69) is 56.8 Å². The molecule has 148 valence electrons. The summed E-state index contributed by atoms with van der Waals surface area (Å²) in [4.78, 5) is 18.1. The van der Waals surface area contributed by atoms with Crippen LogP contribution in [0.25, 0.3) is 10.9 Å². The minimum absolute atomic E-state index is 0.204. The van der Waals surface area contributed by atoms with Gasteiger partial charge in [-0.1, -0.05) is 29.8 Å². The first-order chi connectivity index (χ1) is 14.1. The number of piperidine rings is 1. The topological polar surface area (TPSA) is 73.9 Å². The van der Waals surface area contributed by atoms with Gasteiger partial charge < -0.3 is 15.2 Å². The largest absolute Gasteiger partial charge is 0.361 e. The third-order valence-corrected chi connectivity index (χ3v) is 6.36. The Labute approximate surface area is 174 Å². The molecule has 2 N–H and O–H groups in total. The van der Waals surface area contributed by atoms with Gasteiger partial charge in [0.15, 0.2) is 11.0 Å². The molecular weight excluding hydrogens is 386 g/mol. The number of carbonyl (C=O) groups excluding carboxylic acids is 1. The summed E-state index contributed by atoms with van der Waals surface area (Å²) in [5.41, 5.74) is 4.07. The lowest BCUT2D eigenvalue weighted by atomic mass is 9.72. The van der Waals surface area contributed by atoms with Crippen LogP contribution in [0.2, 0.25) is 5.15 Å². The van der Waals surface area contributed by atoms with Gasteiger partial charge in [-0.2, -0.15) is 0 Å². The van der Waals surface area contributed by atoms with Gasteiger partial charge in [0.2, 0.25) is 5.91 Å². The van der Waals surface area contributed by atoms with Crippen LogP contribution < -0.4 is 5.32 Å². The fourth-order valence-corrected chi connectivity index (χ4v) is 5.00. The van der Waals surface area contributed by atoms with Crippen molar-refractivity contribution in [2.24, 2.45) is 5.92 Å². The zero-order chi connectivity index (χ0) is 20.0. The van der Waals surface area contributed by atoms with E-state index in [1.54, 1.807) is 18.2 Å². The van der Waals surface area contributed by atoms with Gasteiger partial charge in [0.25, 0.3) is 0 Å². The van der Waals surface area contributed by atoms with Crippen molar-refractivity contribution in [3.05, 3.63) is 65.0 Å². The second-order valence-electron chi connectivity index (χ2n) is 7.99. The first-order valence-corrected chi connectivity index (χ1v) is 10.2. The van der Waals surface area contributed by atoms with Crippen molar-refractivity contribution in [3.8, 4) is 0 Å². The summed E-state index contributed by atoms with van der Waals surface area (Å²) in [6.45, 7) is 0.946. The SMILES string of the molecule is CN1C[C@H](/C=C/C(=O)Nc2ccc(Cl)nn2)C[C@@H]2c3cccc4[nH]cc(c34)C[C@H]21. The maximum atomic E-state index is 12.3. The molecule has 0 spiro atoms. The molecule has 3 atom stereocenters. The summed E-state index contributed by atoms with van der Waals surface area (Å²) < 4.78 is 0. The van der Waals surface area contributed by atoms with Gasteiger partial charge in [0.1, 0.15) is 0 Å². The van der Waals surface area contributed by atoms with E-state index in [0.717, 1.165) is 19.4 Å². The molecule has 0 radical (unpaired) electrons. The Morgan fingerprint density at radius 2 is 2.21 bits per heavy atom. The van der Waals surface area contributed by atoms with E-state index < -0.39 is 0 Å². The van der Waals surface area contributed by atoms with Crippen LogP contribution in [0.5, 0.6) is 0 Å². The number of amides is 1. The number of hydrogen-bond acceptors (Lipinski definition) is 4. The fraction of sp³-hybridized carbons (Fsp3) is 0.318. The molecule has 3 heterocycles. The molecule has 1 amide bonds. The van der Waals surface area contributed by atoms with Crippen LogP contribution in [0, 0.1) is 5.92 Å². The van der Waals surface area contributed by atoms with Gasteiger partial charge in [-0.25, -0.2) is 0 Å². The molecule has 1 aliphatic heterocycles. The standard InChI is InChI=1S/C22H22ClN5O/c1-28-12-13(5-8-21(29)25-20-7-6-19(23)26-27-20)9-16-15-3-2-4-17-22(15)14(11-24-17)10-18(16)28/h2-8,11,13,16,18,24H,9-10,12H2,1H3,(H,25,27,29)/b8-5+/t13-,16-,18-/m1/s1. The number of likely N-dealkylation sites (N-methyl/N-ethyl adjacent to an activating group) is 1. The number of rotatable bonds is 3. The predicted octanol–water partition coefficient (Wildman–Crippen LogP) is 3.77. The molecule has 0 saturated carbocycles. The van der Waals surface area contributed by atoms with Crippen LogP contribution in [0.4, 0.5) is 5.82 Å². The first-order valence-electron chi connectivity index (χ1n) is 9.86. The van der Waals surface area contributed by atoms with Gasteiger partial charge in [0.05, 0.1) is 0 Å². The fourth-order valence-electron chi connectivity index (χ4n) is 4.90. The number of likely N-dealkylation sites (tertiary alicyclic amines) is 1. The molecule has 1 fully saturated rings. The average Bonchev–Trinajstić information content (AvgIpc) is 3.13. The molecule has 7 heteroatoms. The number of fused-ring (bicyclic) bond motifs is 2. The average molecular weight is 408 g/mol. The third kappa shape index (κ3) is 3.43. The first kappa shape index (κ1) is 18.3. The maximum Gasteiger partial charge on any atom is 0.249 e. The minimum Gasteiger partial charge on any atom is -0.361 e. The van der Waals surface area contributed by atoms with Gasteiger partial charge in [0, 0.05) is 35.6 Å². The molecule has 2 aromatic heterocycles. The summed E-state index contributed by atoms with van der Waals surface area (Å²) >= 11 is 5.73. The highest BCUT2D eigenvalue weighted by atomic mass is 35.5. The van der Waals surface area contributed by atoms with E-state index in [1.165, 1.54) is 22.0 Å². The normalized spacial score (nSPS) is 24.0. The molecule has 3 aromatic rings. The summed E-state index contributed by atoms with van der Waals surface area (Å²) in [7, 11) is 2.19. The number of H-pyrrole nitrogens is 1. The van der Waals surface area contributed by atoms with E-state index in [9.17, 15) is 4.79 Å². The highest BCUT2D eigenvalue weighted by Gasteiger charge is 2.38. The van der Waals surface area contributed by atoms with Crippen molar-refractivity contribution < 1.29 is 4.79 Å². The molecular formula is C22H22ClN5O. The predicted molar refractivity (Wildman–Crippen MR) is 114 cm³/mol. The second kappa shape index (κ2) is 7.28. The number of anilines is 1. The van der Waals surface area contributed by atoms with E-state index in [0.29, 0.717) is 28.8 Å². The number of nitrogens with zero attached hydrogens (tertiary/aromatic N) is 3. The van der Waals surface area contributed by atoms with Gasteiger partial charge in [-0.15, -0.1) is 10.2 Å². The molecule has 0 unspecified atom stereocenters. The van der Waals surface area contributed by atoms with Crippen molar-refractivity contribution in [1.29, 1.82) is 0 Å². The van der Waals surface area contributed by atoms with Crippen molar-refractivity contribution in [1.82, 2.24) is 20.1 Å². The van der Waals surface area contributed by atoms with Crippen molar-refractivity contribution >= 4 is 34.2 Å². The molecule has 1 aliphatic carbocycles. The zero-order valence-corrected chi connectivity index (χ0v) is 16.9. The lowest BCUT2D eigenvalue weighted by Gasteiger charge is -2.45. The van der Waals surface area contributed by atoms with Crippen molar-refractivity contribution in [2.45, 2.75) is 24.8 Å². The number of hydrogen-bond donors (Lipinski definition) is 2. The molecule has 5 rings (SSSR count). The zero-order valence-electron chi connectivity index (χ0n) is 16.1. The third-order valence-electron chi connectivity index (χ3n) is 6.16. The van der Waals surface area contributed by atoms with Crippen LogP contribution in [0.1, 0.15) is 23.5 Å². The van der Waals surface area contributed by atoms with Crippen LogP contribution in [0.3, 0.4) is 0 Å². The molecule has 1 saturated heterocycles. The van der Waals surface area contributed by atoms with Crippen LogP contribution in [-0.2, 0) is 11.2 Å². The van der Waals surface area contributed by atoms with Crippen molar-refractivity contribution in [2.75, 3.05) is 18.9 Å². The van der Waals surface area contributed by atoms with E-state index in [-0.39, 0.29) is 5.91 Å². The highest BCUT2D eigenvalue weighted by molar-refractivity contribution is 6.29. The Balaban J connectivity index is 1.33. The lowest BCUT2D eigenvalue weighted by Crippen LogP contribution is -2.47. The minimum atomic E-state index is -0.204. The molecule has 6 nitrogen and oxygen atoms in total. The van der Waals surface area contributed by atoms with Crippen molar-refractivity contribution in [3.63, 3.8) is 0 Å². The molecule has 29 heavy (non-hydrogen) atoms. The smallest absolute Gasteiger partial charge is 0.249 e. The Morgan fingerprint density at radius 3 is 3.03 bits per heavy atom. The number of carbonyl (C=O) groups is 1. The summed E-state index contributed by atoms with van der Waals surface area (Å²) in [5, 5.41) is 12.0. The second-order valence-corrected chi connectivity index (χ2v) is 8.37. The Morgan fingerprint density at radius 1 is 1.31 bits per heavy atom. The number of aromatic amines is 1. The molecule has 2 aliphatic rings. The van der Waals surface area contributed by atoms with Gasteiger partial charge in [-0.05, 0) is 61.2 Å². The van der Waals surface area contributed by atoms with E-state index >= 15 is 0 Å². The summed E-state index contributed by atoms with van der Waals surface area (Å²) in [6, 6.07) is 10.3. The van der Waals surface area contributed by atoms with Crippen LogP contribution in [0.15, 0.2) is 48.7 Å². The number of halogens is 1. The number of aromatic nitrogens is 3. The number of nitrogens with one attached hydrogen (secondary N) is 2. The highest BCUT2D eigenvalue weighted by Crippen LogP contribution is 2.44. The molecule has 1 aromatic carbocycles. The molecule has 0 bridgehead atoms. The number of benzene rings is 1. The van der Waals surface area contributed by atoms with Crippen LogP contribution >= 0.6 is 11.6 Å². The van der Waals surface area contributed by atoms with Crippen LogP contribution in [-0.4, -0.2) is 45.6 Å². The lowest BCUT2D eigenvalue weighted by molar-refractivity contribution is -0.112. The quantitative estimate of drug-likeness (QED) is 0.648. The monoisotopic (exact) mass is 407 g/mol. The Kier molecular flexibility index (Phi) is 4.60. The Hall–Kier alpha value is -2.70. The Bertz CT molecular complexity index is 1090. The summed E-state index contributed by atoms with van der Waals surface area (Å²) in [6.07, 6.45) is 7.92. The van der Waals surface area contributed by atoms with E-state index in [4.69, 9.17) is 11.6 Å². The summed E-state index contributed by atoms with van der Waals surface area (Å²) in [5.74, 6) is 0.980. The van der Waals surface area contributed by atoms with E-state index in [1.807, 2.05) is 6.08 Å². The van der Waals surface area contributed by atoms with Gasteiger partial charge >= 0.3 is 0 Å². The maximum absolute atomic E-state index is 12.3. The van der Waals surface area contributed by atoms with Gasteiger partial charge in [-0.3, -0.25) is 4.79 Å².